The predicted octanol–water partition coefficient (Wildman–Crippen LogP) is 4.37. The van der Waals surface area contributed by atoms with Crippen LogP contribution in [0.5, 0.6) is 0 Å². The summed E-state index contributed by atoms with van der Waals surface area (Å²) in [5.74, 6) is -1.03. The lowest BCUT2D eigenvalue weighted by Crippen LogP contribution is -2.70. The second kappa shape index (κ2) is 8.71. The molecule has 0 unspecified atom stereocenters. The lowest BCUT2D eigenvalue weighted by Gasteiger charge is -2.67. The van der Waals surface area contributed by atoms with E-state index in [4.69, 9.17) is 18.9 Å². The largest absolute Gasteiger partial charge is 0.465 e. The number of hydrogen-bond acceptors (Lipinski definition) is 7. The highest BCUT2D eigenvalue weighted by atomic mass is 16.6. The van der Waals surface area contributed by atoms with Crippen molar-refractivity contribution in [2.45, 2.75) is 104 Å². The van der Waals surface area contributed by atoms with Crippen LogP contribution in [0.4, 0.5) is 0 Å². The molecule has 0 spiro atoms. The number of hydrogen-bond donors (Lipinski definition) is 0. The molecule has 0 bridgehead atoms. The molecule has 186 valence electrons. The van der Waals surface area contributed by atoms with Crippen molar-refractivity contribution in [1.82, 2.24) is 0 Å². The molecule has 0 aromatic rings. The van der Waals surface area contributed by atoms with Gasteiger partial charge in [-0.15, -0.1) is 6.58 Å². The topological polar surface area (TPSA) is 88.1 Å². The molecule has 33 heavy (non-hydrogen) atoms. The monoisotopic (exact) mass is 464 g/mol. The lowest BCUT2D eigenvalue weighted by atomic mass is 9.42. The number of fused-ring (bicyclic) bond motifs is 3. The predicted molar refractivity (Wildman–Crippen MR) is 122 cm³/mol. The van der Waals surface area contributed by atoms with E-state index in [2.05, 4.69) is 27.4 Å². The van der Waals surface area contributed by atoms with Crippen LogP contribution in [0.25, 0.3) is 0 Å². The fourth-order valence-electron chi connectivity index (χ4n) is 7.35. The van der Waals surface area contributed by atoms with Crippen LogP contribution >= 0.6 is 0 Å². The zero-order chi connectivity index (χ0) is 24.8. The molecule has 0 N–H and O–H groups in total. The van der Waals surface area contributed by atoms with Gasteiger partial charge in [-0.1, -0.05) is 19.9 Å². The zero-order valence-corrected chi connectivity index (χ0v) is 21.2. The van der Waals surface area contributed by atoms with Crippen LogP contribution in [0.2, 0.25) is 0 Å². The summed E-state index contributed by atoms with van der Waals surface area (Å²) in [6.07, 6.45) is 4.54. The Balaban J connectivity index is 2.10. The Hall–Kier alpha value is -1.89. The second-order valence-electron chi connectivity index (χ2n) is 11.2. The normalized spacial score (nSPS) is 44.6. The van der Waals surface area contributed by atoms with E-state index < -0.39 is 40.2 Å². The average Bonchev–Trinajstić information content (AvgIpc) is 2.69. The number of carbonyl (C=O) groups excluding carboxylic acids is 3. The molecular formula is C26H40O7. The van der Waals surface area contributed by atoms with E-state index in [0.29, 0.717) is 6.42 Å². The minimum absolute atomic E-state index is 0.0124. The maximum Gasteiger partial charge on any atom is 0.302 e. The highest BCUT2D eigenvalue weighted by Gasteiger charge is 2.69. The Labute approximate surface area is 197 Å². The first-order valence-electron chi connectivity index (χ1n) is 12.0. The van der Waals surface area contributed by atoms with Crippen LogP contribution < -0.4 is 0 Å². The fourth-order valence-corrected chi connectivity index (χ4v) is 7.35. The van der Waals surface area contributed by atoms with Gasteiger partial charge in [0.25, 0.3) is 0 Å². The molecule has 0 aromatic heterocycles. The third-order valence-electron chi connectivity index (χ3n) is 8.85. The van der Waals surface area contributed by atoms with Crippen LogP contribution in [-0.2, 0) is 33.3 Å². The molecule has 2 saturated carbocycles. The summed E-state index contributed by atoms with van der Waals surface area (Å²) in [5, 5.41) is 0. The summed E-state index contributed by atoms with van der Waals surface area (Å²) in [7, 11) is 0. The van der Waals surface area contributed by atoms with Gasteiger partial charge in [-0.05, 0) is 51.4 Å². The first-order chi connectivity index (χ1) is 15.2. The van der Waals surface area contributed by atoms with Crippen molar-refractivity contribution in [2.75, 3.05) is 6.61 Å². The Morgan fingerprint density at radius 3 is 2.03 bits per heavy atom. The molecule has 0 radical (unpaired) electrons. The third-order valence-corrected chi connectivity index (χ3v) is 8.85. The van der Waals surface area contributed by atoms with Crippen molar-refractivity contribution in [3.05, 3.63) is 12.7 Å². The van der Waals surface area contributed by atoms with Gasteiger partial charge in [0, 0.05) is 38.0 Å². The molecule has 3 fully saturated rings. The first kappa shape index (κ1) is 25.7. The number of ether oxygens (including phenoxy) is 4. The van der Waals surface area contributed by atoms with Crippen molar-refractivity contribution in [3.63, 3.8) is 0 Å². The average molecular weight is 465 g/mol. The molecule has 3 rings (SSSR count). The van der Waals surface area contributed by atoms with Gasteiger partial charge in [0.05, 0.1) is 11.2 Å². The molecule has 7 heteroatoms. The van der Waals surface area contributed by atoms with Crippen LogP contribution in [0.1, 0.15) is 80.6 Å². The van der Waals surface area contributed by atoms with Crippen LogP contribution in [0.3, 0.4) is 0 Å². The molecule has 3 aliphatic rings. The molecule has 0 amide bonds. The van der Waals surface area contributed by atoms with Crippen molar-refractivity contribution in [2.24, 2.45) is 22.7 Å². The summed E-state index contributed by atoms with van der Waals surface area (Å²) in [6, 6.07) is 0. The molecule has 7 nitrogen and oxygen atoms in total. The number of carbonyl (C=O) groups is 3. The van der Waals surface area contributed by atoms with Crippen LogP contribution in [0.15, 0.2) is 12.7 Å². The van der Waals surface area contributed by atoms with E-state index in [-0.39, 0.29) is 30.4 Å². The molecule has 1 aliphatic heterocycles. The summed E-state index contributed by atoms with van der Waals surface area (Å²) in [5.41, 5.74) is -1.89. The minimum Gasteiger partial charge on any atom is -0.465 e. The highest BCUT2D eigenvalue weighted by Crippen LogP contribution is 2.66. The fraction of sp³-hybridized carbons (Fsp3) is 0.808. The molecular weight excluding hydrogens is 424 g/mol. The second-order valence-corrected chi connectivity index (χ2v) is 11.2. The van der Waals surface area contributed by atoms with Crippen molar-refractivity contribution >= 4 is 17.9 Å². The highest BCUT2D eigenvalue weighted by molar-refractivity contribution is 5.67. The van der Waals surface area contributed by atoms with Gasteiger partial charge in [0.1, 0.15) is 18.8 Å². The Morgan fingerprint density at radius 1 is 0.909 bits per heavy atom. The molecule has 1 heterocycles. The van der Waals surface area contributed by atoms with Gasteiger partial charge >= 0.3 is 17.9 Å². The van der Waals surface area contributed by atoms with E-state index in [9.17, 15) is 14.4 Å². The Kier molecular flexibility index (Phi) is 6.79. The van der Waals surface area contributed by atoms with E-state index in [1.54, 1.807) is 0 Å². The standard InChI is InChI=1S/C26H40O7/c1-9-23(5)12-10-20-25(7,33-23)13-11-19-24(6,15-30-16(2)27)21(31-17(3)28)14-22(26(19,20)8)32-18(4)29/h9,19-22H,1,10-15H2,2-8H3/t19-,20-,21-,22+,23-,24-,25+,26-/m0/s1. The van der Waals surface area contributed by atoms with Gasteiger partial charge in [-0.2, -0.15) is 0 Å². The Bertz CT molecular complexity index is 823. The minimum atomic E-state index is -0.622. The van der Waals surface area contributed by atoms with Crippen LogP contribution in [-0.4, -0.2) is 47.9 Å². The maximum atomic E-state index is 12.2. The van der Waals surface area contributed by atoms with Crippen LogP contribution in [0, 0.1) is 22.7 Å². The zero-order valence-electron chi connectivity index (χ0n) is 21.2. The summed E-state index contributed by atoms with van der Waals surface area (Å²) < 4.78 is 24.0. The van der Waals surface area contributed by atoms with E-state index in [1.165, 1.54) is 20.8 Å². The van der Waals surface area contributed by atoms with E-state index >= 15 is 0 Å². The SMILES string of the molecule is C=C[C@@]1(C)CC[C@@H]2[C@@]3(C)[C@H](OC(C)=O)C[C@H](OC(C)=O)[C@@](C)(COC(C)=O)[C@@H]3CC[C@@]2(C)O1. The first-order valence-corrected chi connectivity index (χ1v) is 12.0. The molecule has 2 aliphatic carbocycles. The van der Waals surface area contributed by atoms with E-state index in [0.717, 1.165) is 25.7 Å². The lowest BCUT2D eigenvalue weighted by molar-refractivity contribution is -0.295. The molecule has 1 saturated heterocycles. The quantitative estimate of drug-likeness (QED) is 0.339. The van der Waals surface area contributed by atoms with Gasteiger partial charge in [0.2, 0.25) is 0 Å². The van der Waals surface area contributed by atoms with Gasteiger partial charge in [-0.3, -0.25) is 14.4 Å². The van der Waals surface area contributed by atoms with Crippen molar-refractivity contribution in [3.8, 4) is 0 Å². The summed E-state index contributed by atoms with van der Waals surface area (Å²) >= 11 is 0. The van der Waals surface area contributed by atoms with Gasteiger partial charge in [-0.25, -0.2) is 0 Å². The third kappa shape index (κ3) is 4.45. The number of esters is 3. The summed E-state index contributed by atoms with van der Waals surface area (Å²) in [6.45, 7) is 16.8. The van der Waals surface area contributed by atoms with Crippen molar-refractivity contribution in [1.29, 1.82) is 0 Å². The van der Waals surface area contributed by atoms with Gasteiger partial charge < -0.3 is 18.9 Å². The molecule has 8 atom stereocenters. The molecule has 0 aromatic carbocycles. The maximum absolute atomic E-state index is 12.2. The Morgan fingerprint density at radius 2 is 1.48 bits per heavy atom. The summed E-state index contributed by atoms with van der Waals surface area (Å²) in [4.78, 5) is 36.0. The van der Waals surface area contributed by atoms with Crippen molar-refractivity contribution < 1.29 is 33.3 Å². The number of rotatable bonds is 5. The van der Waals surface area contributed by atoms with E-state index in [1.807, 2.05) is 13.0 Å². The van der Waals surface area contributed by atoms with Gasteiger partial charge in [0.15, 0.2) is 0 Å². The smallest absolute Gasteiger partial charge is 0.302 e.